The van der Waals surface area contributed by atoms with E-state index in [1.165, 1.54) is 77.0 Å². The van der Waals surface area contributed by atoms with Crippen LogP contribution < -0.4 is 11.1 Å². The molecule has 2 heteroatoms. The lowest BCUT2D eigenvalue weighted by atomic mass is 9.90. The van der Waals surface area contributed by atoms with Gasteiger partial charge in [-0.15, -0.1) is 0 Å². The van der Waals surface area contributed by atoms with E-state index in [4.69, 9.17) is 5.73 Å². The predicted molar refractivity (Wildman–Crippen MR) is 85.4 cm³/mol. The van der Waals surface area contributed by atoms with Crippen LogP contribution in [0.25, 0.3) is 0 Å². The number of hydrogen-bond acceptors (Lipinski definition) is 2. The molecule has 0 heterocycles. The zero-order chi connectivity index (χ0) is 13.9. The predicted octanol–water partition coefficient (Wildman–Crippen LogP) is 4.38. The first-order chi connectivity index (χ1) is 9.24. The molecule has 3 N–H and O–H groups in total. The first-order valence-corrected chi connectivity index (χ1v) is 8.75. The molecule has 0 spiro atoms. The highest BCUT2D eigenvalue weighted by molar-refractivity contribution is 4.85. The molecule has 2 nitrogen and oxygen atoms in total. The summed E-state index contributed by atoms with van der Waals surface area (Å²) in [5.41, 5.74) is 6.19. The third-order valence-electron chi connectivity index (χ3n) is 4.56. The summed E-state index contributed by atoms with van der Waals surface area (Å²) in [6.45, 7) is 4.61. The summed E-state index contributed by atoms with van der Waals surface area (Å²) in [5, 5.41) is 3.75. The molecule has 1 fully saturated rings. The minimum atomic E-state index is 0.394. The van der Waals surface area contributed by atoms with Crippen molar-refractivity contribution in [2.45, 2.75) is 109 Å². The summed E-state index contributed by atoms with van der Waals surface area (Å²) in [6.07, 6.45) is 16.3. The van der Waals surface area contributed by atoms with Crippen molar-refractivity contribution < 1.29 is 0 Å². The lowest BCUT2D eigenvalue weighted by molar-refractivity contribution is 0.297. The van der Waals surface area contributed by atoms with E-state index in [1.54, 1.807) is 0 Å². The molecule has 0 bridgehead atoms. The van der Waals surface area contributed by atoms with Crippen LogP contribution in [0.4, 0.5) is 0 Å². The van der Waals surface area contributed by atoms with E-state index < -0.39 is 0 Å². The summed E-state index contributed by atoms with van der Waals surface area (Å²) in [7, 11) is 0. The van der Waals surface area contributed by atoms with E-state index in [-0.39, 0.29) is 0 Å². The Hall–Kier alpha value is -0.0800. The zero-order valence-corrected chi connectivity index (χ0v) is 13.3. The second-order valence-electron chi connectivity index (χ2n) is 6.53. The van der Waals surface area contributed by atoms with Crippen molar-refractivity contribution in [3.63, 3.8) is 0 Å². The molecule has 1 rings (SSSR count). The van der Waals surface area contributed by atoms with E-state index in [1.807, 2.05) is 0 Å². The smallest absolute Gasteiger partial charge is 0.0221 e. The number of hydrogen-bond donors (Lipinski definition) is 2. The molecule has 1 aliphatic rings. The summed E-state index contributed by atoms with van der Waals surface area (Å²) in [5.74, 6) is 0. The summed E-state index contributed by atoms with van der Waals surface area (Å²) in [6, 6.07) is 1.61. The second kappa shape index (κ2) is 10.7. The van der Waals surface area contributed by atoms with Crippen LogP contribution >= 0.6 is 0 Å². The number of nitrogens with two attached hydrogens (primary N) is 1. The maximum absolute atomic E-state index is 6.19. The molecular formula is C17H36N2. The van der Waals surface area contributed by atoms with Crippen molar-refractivity contribution in [2.75, 3.05) is 0 Å². The Morgan fingerprint density at radius 3 is 2.32 bits per heavy atom. The Morgan fingerprint density at radius 1 is 1.00 bits per heavy atom. The molecule has 3 atom stereocenters. The number of rotatable bonds is 10. The van der Waals surface area contributed by atoms with Crippen molar-refractivity contribution in [2.24, 2.45) is 5.73 Å². The fourth-order valence-corrected chi connectivity index (χ4v) is 3.22. The van der Waals surface area contributed by atoms with Gasteiger partial charge in [-0.3, -0.25) is 0 Å². The van der Waals surface area contributed by atoms with Gasteiger partial charge < -0.3 is 11.1 Å². The molecule has 1 unspecified atom stereocenters. The van der Waals surface area contributed by atoms with Gasteiger partial charge in [0.05, 0.1) is 0 Å². The van der Waals surface area contributed by atoms with Crippen molar-refractivity contribution >= 4 is 0 Å². The van der Waals surface area contributed by atoms with Gasteiger partial charge in [-0.2, -0.15) is 0 Å². The fraction of sp³-hybridized carbons (Fsp3) is 1.00. The van der Waals surface area contributed by atoms with Gasteiger partial charge in [-0.25, -0.2) is 0 Å². The minimum Gasteiger partial charge on any atom is -0.326 e. The first kappa shape index (κ1) is 17.0. The van der Waals surface area contributed by atoms with Gasteiger partial charge in [0.2, 0.25) is 0 Å². The van der Waals surface area contributed by atoms with Gasteiger partial charge >= 0.3 is 0 Å². The van der Waals surface area contributed by atoms with E-state index in [2.05, 4.69) is 19.2 Å². The Labute approximate surface area is 120 Å². The molecule has 0 aromatic carbocycles. The Balaban J connectivity index is 1.96. The van der Waals surface area contributed by atoms with Crippen LogP contribution in [0, 0.1) is 0 Å². The lowest BCUT2D eigenvalue weighted by Gasteiger charge is -2.32. The highest BCUT2D eigenvalue weighted by Crippen LogP contribution is 2.18. The molecule has 0 radical (unpaired) electrons. The summed E-state index contributed by atoms with van der Waals surface area (Å²) >= 11 is 0. The molecule has 19 heavy (non-hydrogen) atoms. The SMILES string of the molecule is CCCCCCCCCC(C)N[C@@H]1CCCC[C@H]1N. The fourth-order valence-electron chi connectivity index (χ4n) is 3.22. The monoisotopic (exact) mass is 268 g/mol. The van der Waals surface area contributed by atoms with Gasteiger partial charge in [0, 0.05) is 18.1 Å². The van der Waals surface area contributed by atoms with Gasteiger partial charge in [0.1, 0.15) is 0 Å². The zero-order valence-electron chi connectivity index (χ0n) is 13.3. The van der Waals surface area contributed by atoms with Crippen molar-refractivity contribution in [3.05, 3.63) is 0 Å². The average molecular weight is 268 g/mol. The normalized spacial score (nSPS) is 25.4. The first-order valence-electron chi connectivity index (χ1n) is 8.75. The van der Waals surface area contributed by atoms with E-state index in [0.717, 1.165) is 0 Å². The van der Waals surface area contributed by atoms with Crippen LogP contribution in [-0.4, -0.2) is 18.1 Å². The van der Waals surface area contributed by atoms with Crippen molar-refractivity contribution in [3.8, 4) is 0 Å². The van der Waals surface area contributed by atoms with Crippen LogP contribution in [0.15, 0.2) is 0 Å². The number of unbranched alkanes of at least 4 members (excludes halogenated alkanes) is 6. The van der Waals surface area contributed by atoms with Gasteiger partial charge in [-0.05, 0) is 26.2 Å². The molecular weight excluding hydrogens is 232 g/mol. The van der Waals surface area contributed by atoms with Crippen LogP contribution in [0.1, 0.15) is 90.9 Å². The van der Waals surface area contributed by atoms with Crippen molar-refractivity contribution in [1.82, 2.24) is 5.32 Å². The summed E-state index contributed by atoms with van der Waals surface area (Å²) in [4.78, 5) is 0. The van der Waals surface area contributed by atoms with Crippen molar-refractivity contribution in [1.29, 1.82) is 0 Å². The molecule has 0 saturated heterocycles. The second-order valence-corrected chi connectivity index (χ2v) is 6.53. The van der Waals surface area contributed by atoms with E-state index >= 15 is 0 Å². The number of nitrogens with one attached hydrogen (secondary N) is 1. The van der Waals surface area contributed by atoms with Crippen LogP contribution in [0.3, 0.4) is 0 Å². The van der Waals surface area contributed by atoms with Crippen LogP contribution in [0.5, 0.6) is 0 Å². The highest BCUT2D eigenvalue weighted by Gasteiger charge is 2.22. The Bertz CT molecular complexity index is 205. The quantitative estimate of drug-likeness (QED) is 0.577. The average Bonchev–Trinajstić information content (AvgIpc) is 2.40. The molecule has 0 amide bonds. The Kier molecular flexibility index (Phi) is 9.54. The van der Waals surface area contributed by atoms with Crippen LogP contribution in [0.2, 0.25) is 0 Å². The minimum absolute atomic E-state index is 0.394. The largest absolute Gasteiger partial charge is 0.326 e. The van der Waals surface area contributed by atoms with Gasteiger partial charge in [0.25, 0.3) is 0 Å². The third-order valence-corrected chi connectivity index (χ3v) is 4.56. The summed E-state index contributed by atoms with van der Waals surface area (Å²) < 4.78 is 0. The van der Waals surface area contributed by atoms with E-state index in [0.29, 0.717) is 18.1 Å². The van der Waals surface area contributed by atoms with Gasteiger partial charge in [-0.1, -0.05) is 64.7 Å². The standard InChI is InChI=1S/C17H36N2/c1-3-4-5-6-7-8-9-12-15(2)19-17-14-11-10-13-16(17)18/h15-17,19H,3-14,18H2,1-2H3/t15?,16-,17-/m1/s1. The lowest BCUT2D eigenvalue weighted by Crippen LogP contribution is -2.50. The topological polar surface area (TPSA) is 38.0 Å². The molecule has 1 aliphatic carbocycles. The Morgan fingerprint density at radius 2 is 1.63 bits per heavy atom. The highest BCUT2D eigenvalue weighted by atomic mass is 15.0. The maximum Gasteiger partial charge on any atom is 0.0221 e. The van der Waals surface area contributed by atoms with Gasteiger partial charge in [0.15, 0.2) is 0 Å². The molecule has 0 aliphatic heterocycles. The van der Waals surface area contributed by atoms with Crippen LogP contribution in [-0.2, 0) is 0 Å². The molecule has 1 saturated carbocycles. The third kappa shape index (κ3) is 7.94. The maximum atomic E-state index is 6.19. The molecule has 0 aromatic rings. The van der Waals surface area contributed by atoms with E-state index in [9.17, 15) is 0 Å². The molecule has 114 valence electrons. The molecule has 0 aromatic heterocycles.